The first-order valence-corrected chi connectivity index (χ1v) is 12.6. The lowest BCUT2D eigenvalue weighted by atomic mass is 9.78. The van der Waals surface area contributed by atoms with Crippen molar-refractivity contribution >= 4 is 5.97 Å². The number of nitrogens with zero attached hydrogens (tertiary/aromatic N) is 2. The molecule has 0 amide bonds. The Morgan fingerprint density at radius 2 is 1.65 bits per heavy atom. The summed E-state index contributed by atoms with van der Waals surface area (Å²) in [7, 11) is 0. The maximum absolute atomic E-state index is 11.5. The third kappa shape index (κ3) is 6.68. The maximum atomic E-state index is 11.5. The Kier molecular flexibility index (Phi) is 8.28. The predicted molar refractivity (Wildman–Crippen MR) is 145 cm³/mol. The quantitative estimate of drug-likeness (QED) is 0.322. The molecule has 0 aliphatic rings. The van der Waals surface area contributed by atoms with Gasteiger partial charge in [0.1, 0.15) is 17.6 Å². The van der Waals surface area contributed by atoms with Gasteiger partial charge in [-0.25, -0.2) is 4.79 Å². The molecule has 1 heterocycles. The van der Waals surface area contributed by atoms with Crippen LogP contribution < -0.4 is 4.74 Å². The van der Waals surface area contributed by atoms with Crippen molar-refractivity contribution in [2.45, 2.75) is 71.6 Å². The first-order chi connectivity index (χ1) is 17.3. The van der Waals surface area contributed by atoms with Gasteiger partial charge in [-0.05, 0) is 77.1 Å². The van der Waals surface area contributed by atoms with E-state index in [-0.39, 0.29) is 16.4 Å². The number of hydrogen-bond donors (Lipinski definition) is 2. The van der Waals surface area contributed by atoms with Crippen molar-refractivity contribution in [2.24, 2.45) is 0 Å². The monoisotopic (exact) mass is 500 g/mol. The van der Waals surface area contributed by atoms with E-state index in [4.69, 9.17) is 4.74 Å². The van der Waals surface area contributed by atoms with E-state index in [0.29, 0.717) is 34.9 Å². The normalized spacial score (nSPS) is 11.7. The molecular weight excluding hydrogens is 464 g/mol. The number of unbranched alkanes of at least 4 members (excludes halogenated alkanes) is 1. The van der Waals surface area contributed by atoms with Crippen LogP contribution in [-0.2, 0) is 17.3 Å². The number of aromatic carboxylic acids is 1. The molecule has 0 saturated carbocycles. The number of hydrogen-bond acceptors (Lipinski definition) is 5. The van der Waals surface area contributed by atoms with Gasteiger partial charge in [0.05, 0.1) is 23.4 Å². The number of pyridine rings is 1. The number of aromatic nitrogens is 1. The van der Waals surface area contributed by atoms with E-state index >= 15 is 0 Å². The van der Waals surface area contributed by atoms with E-state index in [1.54, 1.807) is 24.3 Å². The smallest absolute Gasteiger partial charge is 0.337 e. The van der Waals surface area contributed by atoms with Crippen LogP contribution in [0.3, 0.4) is 0 Å². The molecular formula is C31H36N2O4. The first kappa shape index (κ1) is 27.7. The van der Waals surface area contributed by atoms with Gasteiger partial charge in [0.25, 0.3) is 0 Å². The fourth-order valence-electron chi connectivity index (χ4n) is 4.29. The van der Waals surface area contributed by atoms with E-state index in [1.807, 2.05) is 0 Å². The maximum Gasteiger partial charge on any atom is 0.337 e. The van der Waals surface area contributed by atoms with Gasteiger partial charge in [0, 0.05) is 11.8 Å². The Labute approximate surface area is 219 Å². The van der Waals surface area contributed by atoms with Crippen LogP contribution in [0, 0.1) is 11.3 Å². The van der Waals surface area contributed by atoms with Gasteiger partial charge in [0.2, 0.25) is 0 Å². The molecule has 6 nitrogen and oxygen atoms in total. The van der Waals surface area contributed by atoms with Crippen LogP contribution in [0.5, 0.6) is 11.5 Å². The zero-order valence-electron chi connectivity index (χ0n) is 22.6. The molecule has 0 spiro atoms. The fraction of sp³-hybridized carbons (Fsp3) is 0.387. The Morgan fingerprint density at radius 1 is 1.00 bits per heavy atom. The van der Waals surface area contributed by atoms with Gasteiger partial charge in [-0.1, -0.05) is 53.7 Å². The molecule has 0 fully saturated rings. The molecule has 2 aromatic carbocycles. The van der Waals surface area contributed by atoms with Crippen LogP contribution in [0.4, 0.5) is 0 Å². The highest BCUT2D eigenvalue weighted by molar-refractivity contribution is 5.94. The largest absolute Gasteiger partial charge is 0.507 e. The number of carbonyl (C=O) groups is 1. The molecule has 0 aliphatic heterocycles. The molecule has 3 rings (SSSR count). The lowest BCUT2D eigenvalue weighted by Gasteiger charge is -2.28. The fourth-order valence-corrected chi connectivity index (χ4v) is 4.29. The summed E-state index contributed by atoms with van der Waals surface area (Å²) >= 11 is 0. The minimum Gasteiger partial charge on any atom is -0.507 e. The number of phenols is 1. The molecule has 1 aromatic heterocycles. The summed E-state index contributed by atoms with van der Waals surface area (Å²) in [6, 6.07) is 14.5. The van der Waals surface area contributed by atoms with Crippen molar-refractivity contribution in [3.8, 4) is 28.8 Å². The van der Waals surface area contributed by atoms with Crippen molar-refractivity contribution in [3.05, 3.63) is 76.5 Å². The molecule has 0 radical (unpaired) electrons. The summed E-state index contributed by atoms with van der Waals surface area (Å²) in [6.07, 6.45) is 4.08. The highest BCUT2D eigenvalue weighted by Gasteiger charge is 2.26. The minimum atomic E-state index is -1.07. The number of ether oxygens (including phenoxy) is 1. The Morgan fingerprint density at radius 3 is 2.22 bits per heavy atom. The molecule has 0 unspecified atom stereocenters. The first-order valence-electron chi connectivity index (χ1n) is 12.6. The summed E-state index contributed by atoms with van der Waals surface area (Å²) in [5.41, 5.74) is 4.08. The highest BCUT2D eigenvalue weighted by Crippen LogP contribution is 2.40. The van der Waals surface area contributed by atoms with Gasteiger partial charge in [0.15, 0.2) is 0 Å². The number of aromatic hydroxyl groups is 1. The lowest BCUT2D eigenvalue weighted by Crippen LogP contribution is -2.18. The lowest BCUT2D eigenvalue weighted by molar-refractivity contribution is 0.0697. The summed E-state index contributed by atoms with van der Waals surface area (Å²) < 4.78 is 5.91. The molecule has 0 aliphatic carbocycles. The number of aryl methyl sites for hydroxylation is 1. The van der Waals surface area contributed by atoms with E-state index in [1.165, 1.54) is 17.8 Å². The van der Waals surface area contributed by atoms with Gasteiger partial charge < -0.3 is 14.9 Å². The van der Waals surface area contributed by atoms with Crippen molar-refractivity contribution in [2.75, 3.05) is 6.61 Å². The van der Waals surface area contributed by atoms with Crippen LogP contribution in [0.1, 0.15) is 87.0 Å². The van der Waals surface area contributed by atoms with E-state index in [0.717, 1.165) is 30.4 Å². The van der Waals surface area contributed by atoms with E-state index < -0.39 is 5.97 Å². The molecule has 0 saturated heterocycles. The average Bonchev–Trinajstić information content (AvgIpc) is 2.83. The van der Waals surface area contributed by atoms with Crippen molar-refractivity contribution in [1.82, 2.24) is 4.98 Å². The van der Waals surface area contributed by atoms with Crippen molar-refractivity contribution in [3.63, 3.8) is 0 Å². The second-order valence-corrected chi connectivity index (χ2v) is 11.4. The summed E-state index contributed by atoms with van der Waals surface area (Å²) in [6.45, 7) is 13.1. The molecule has 3 aromatic rings. The number of phenolic OH excluding ortho intramolecular Hbond substituents is 1. The molecule has 0 bridgehead atoms. The zero-order chi connectivity index (χ0) is 27.4. The number of nitriles is 1. The van der Waals surface area contributed by atoms with Crippen molar-refractivity contribution in [1.29, 1.82) is 5.26 Å². The zero-order valence-corrected chi connectivity index (χ0v) is 22.6. The third-order valence-electron chi connectivity index (χ3n) is 6.31. The standard InChI is InChI=1S/C31H36N2O4/c1-30(2,3)24-16-20(17-25(28(24)34)31(4,5)6)10-7-8-15-37-26-13-12-21(18-22(26)19-32)27-23(29(35)36)11-9-14-33-27/h9,11-14,16-18,34H,7-8,10,15H2,1-6H3,(H,35,36). The summed E-state index contributed by atoms with van der Waals surface area (Å²) in [5.74, 6) is -0.214. The second kappa shape index (κ2) is 11.0. The van der Waals surface area contributed by atoms with Gasteiger partial charge in [-0.3, -0.25) is 4.98 Å². The molecule has 37 heavy (non-hydrogen) atoms. The Balaban J connectivity index is 1.68. The van der Waals surface area contributed by atoms with E-state index in [2.05, 4.69) is 64.7 Å². The molecule has 194 valence electrons. The molecule has 2 N–H and O–H groups in total. The Hall–Kier alpha value is -3.85. The highest BCUT2D eigenvalue weighted by atomic mass is 16.5. The topological polar surface area (TPSA) is 103 Å². The SMILES string of the molecule is CC(C)(C)c1cc(CCCCOc2ccc(-c3ncccc3C(=O)O)cc2C#N)cc(C(C)(C)C)c1O. The van der Waals surface area contributed by atoms with Crippen molar-refractivity contribution < 1.29 is 19.7 Å². The van der Waals surface area contributed by atoms with E-state index in [9.17, 15) is 20.3 Å². The minimum absolute atomic E-state index is 0.0820. The number of rotatable bonds is 8. The van der Waals surface area contributed by atoms with Crippen LogP contribution >= 0.6 is 0 Å². The van der Waals surface area contributed by atoms with Crippen LogP contribution in [0.25, 0.3) is 11.3 Å². The van der Waals surface area contributed by atoms with Crippen LogP contribution in [0.15, 0.2) is 48.7 Å². The summed E-state index contributed by atoms with van der Waals surface area (Å²) in [5, 5.41) is 30.0. The molecule has 0 atom stereocenters. The van der Waals surface area contributed by atoms with Gasteiger partial charge in [-0.15, -0.1) is 0 Å². The number of carboxylic acids is 1. The number of carboxylic acid groups (broad SMARTS) is 1. The average molecular weight is 501 g/mol. The van der Waals surface area contributed by atoms with Crippen LogP contribution in [-0.4, -0.2) is 27.8 Å². The van der Waals surface area contributed by atoms with Gasteiger partial charge in [-0.2, -0.15) is 5.26 Å². The predicted octanol–water partition coefficient (Wildman–Crippen LogP) is 7.02. The van der Waals surface area contributed by atoms with Gasteiger partial charge >= 0.3 is 5.97 Å². The third-order valence-corrected chi connectivity index (χ3v) is 6.31. The van der Waals surface area contributed by atoms with Crippen LogP contribution in [0.2, 0.25) is 0 Å². The second-order valence-electron chi connectivity index (χ2n) is 11.4. The number of benzene rings is 2. The molecule has 6 heteroatoms. The Bertz CT molecular complexity index is 1290. The summed E-state index contributed by atoms with van der Waals surface area (Å²) in [4.78, 5) is 15.7.